The Kier molecular flexibility index (Phi) is 29.7. The quantitative estimate of drug-likeness (QED) is 0.0526. The lowest BCUT2D eigenvalue weighted by molar-refractivity contribution is -0.889. The number of likely N-dealkylation sites (N-methyl/N-ethyl adjacent to an activating group) is 1. The number of ether oxygens (including phenoxy) is 2. The molecule has 0 radical (unpaired) electrons. The fraction of sp³-hybridized carbons (Fsp3) is 0.769. The molecule has 0 aliphatic heterocycles. The summed E-state index contributed by atoms with van der Waals surface area (Å²) in [6, 6.07) is 5.97. The van der Waals surface area contributed by atoms with E-state index in [2.05, 4.69) is 33.3 Å². The molecule has 268 valence electrons. The van der Waals surface area contributed by atoms with Crippen molar-refractivity contribution in [3.05, 3.63) is 29.8 Å². The van der Waals surface area contributed by atoms with E-state index in [1.165, 1.54) is 116 Å². The number of hydrogen-bond donors (Lipinski definition) is 2. The highest BCUT2D eigenvalue weighted by molar-refractivity contribution is 5.91. The second kappa shape index (κ2) is 30.7. The van der Waals surface area contributed by atoms with Crippen molar-refractivity contribution in [1.82, 2.24) is 5.32 Å². The van der Waals surface area contributed by atoms with Gasteiger partial charge < -0.3 is 41.4 Å². The third-order valence-electron chi connectivity index (χ3n) is 8.63. The molecule has 7 heteroatoms. The third-order valence-corrected chi connectivity index (χ3v) is 8.63. The van der Waals surface area contributed by atoms with Gasteiger partial charge in [-0.2, -0.15) is 0 Å². The first-order valence-electron chi connectivity index (χ1n) is 18.7. The molecule has 1 amide bonds. The first kappa shape index (κ1) is 44.4. The van der Waals surface area contributed by atoms with Gasteiger partial charge in [0.2, 0.25) is 5.91 Å². The van der Waals surface area contributed by atoms with Crippen LogP contribution in [0.1, 0.15) is 148 Å². The lowest BCUT2D eigenvalue weighted by Gasteiger charge is -2.28. The smallest absolute Gasteiger partial charge is 0.244 e. The Bertz CT molecular complexity index is 878. The SMILES string of the molecule is CCCCCCCCCCCCOc1ccc(/C=C/C(=O)NCC[N+](C)(C)CCO)cc1OCCCCCCCCCCCC.[Br-]. The van der Waals surface area contributed by atoms with Crippen LogP contribution in [0.3, 0.4) is 0 Å². The average molecular weight is 712 g/mol. The second-order valence-electron chi connectivity index (χ2n) is 13.5. The number of aliphatic hydroxyl groups excluding tert-OH is 1. The molecule has 0 bridgehead atoms. The van der Waals surface area contributed by atoms with Gasteiger partial charge in [0.15, 0.2) is 11.5 Å². The van der Waals surface area contributed by atoms with E-state index in [1.807, 2.05) is 24.3 Å². The zero-order valence-electron chi connectivity index (χ0n) is 30.3. The highest BCUT2D eigenvalue weighted by Gasteiger charge is 2.13. The van der Waals surface area contributed by atoms with E-state index in [9.17, 15) is 9.90 Å². The molecule has 6 nitrogen and oxygen atoms in total. The largest absolute Gasteiger partial charge is 1.00 e. The summed E-state index contributed by atoms with van der Waals surface area (Å²) >= 11 is 0. The van der Waals surface area contributed by atoms with Gasteiger partial charge in [0, 0.05) is 6.08 Å². The predicted molar refractivity (Wildman–Crippen MR) is 192 cm³/mol. The Morgan fingerprint density at radius 2 is 1.15 bits per heavy atom. The van der Waals surface area contributed by atoms with Crippen LogP contribution >= 0.6 is 0 Å². The first-order chi connectivity index (χ1) is 21.9. The van der Waals surface area contributed by atoms with Crippen LogP contribution in [0.5, 0.6) is 11.5 Å². The molecule has 0 atom stereocenters. The van der Waals surface area contributed by atoms with Gasteiger partial charge >= 0.3 is 0 Å². The van der Waals surface area contributed by atoms with E-state index in [0.29, 0.717) is 30.8 Å². The molecule has 0 heterocycles. The summed E-state index contributed by atoms with van der Waals surface area (Å²) in [4.78, 5) is 12.4. The first-order valence-corrected chi connectivity index (χ1v) is 18.7. The topological polar surface area (TPSA) is 67.8 Å². The predicted octanol–water partition coefficient (Wildman–Crippen LogP) is 6.49. The number of quaternary nitrogens is 1. The Morgan fingerprint density at radius 1 is 0.696 bits per heavy atom. The van der Waals surface area contributed by atoms with Crippen molar-refractivity contribution >= 4 is 12.0 Å². The molecule has 0 saturated carbocycles. The fourth-order valence-electron chi connectivity index (χ4n) is 5.50. The van der Waals surface area contributed by atoms with E-state index in [-0.39, 0.29) is 29.5 Å². The zero-order valence-corrected chi connectivity index (χ0v) is 31.9. The van der Waals surface area contributed by atoms with Crippen molar-refractivity contribution in [3.8, 4) is 11.5 Å². The van der Waals surface area contributed by atoms with Crippen molar-refractivity contribution in [1.29, 1.82) is 0 Å². The molecule has 1 rings (SSSR count). The average Bonchev–Trinajstić information content (AvgIpc) is 3.02. The van der Waals surface area contributed by atoms with Crippen LogP contribution in [0, 0.1) is 0 Å². The maximum Gasteiger partial charge on any atom is 0.244 e. The Morgan fingerprint density at radius 3 is 1.63 bits per heavy atom. The molecule has 1 aromatic carbocycles. The van der Waals surface area contributed by atoms with Gasteiger partial charge in [0.05, 0.1) is 47.0 Å². The lowest BCUT2D eigenvalue weighted by Crippen LogP contribution is -3.00. The number of rotatable bonds is 31. The molecule has 1 aromatic rings. The van der Waals surface area contributed by atoms with Crippen LogP contribution < -0.4 is 31.8 Å². The zero-order chi connectivity index (χ0) is 32.9. The summed E-state index contributed by atoms with van der Waals surface area (Å²) in [7, 11) is 4.10. The molecule has 0 aliphatic rings. The molecule has 2 N–H and O–H groups in total. The highest BCUT2D eigenvalue weighted by atomic mass is 79.9. The van der Waals surface area contributed by atoms with E-state index in [4.69, 9.17) is 9.47 Å². The number of carbonyl (C=O) groups is 1. The summed E-state index contributed by atoms with van der Waals surface area (Å²) in [5, 5.41) is 12.2. The molecular weight excluding hydrogens is 640 g/mol. The second-order valence-corrected chi connectivity index (χ2v) is 13.5. The fourth-order valence-corrected chi connectivity index (χ4v) is 5.50. The molecule has 0 saturated heterocycles. The van der Waals surface area contributed by atoms with Crippen molar-refractivity contribution in [2.45, 2.75) is 142 Å². The van der Waals surface area contributed by atoms with Crippen LogP contribution in [0.15, 0.2) is 24.3 Å². The normalized spacial score (nSPS) is 11.5. The molecule has 0 unspecified atom stereocenters. The van der Waals surface area contributed by atoms with Crippen LogP contribution in [0.25, 0.3) is 6.08 Å². The summed E-state index contributed by atoms with van der Waals surface area (Å²) in [6.45, 7) is 8.07. The van der Waals surface area contributed by atoms with Crippen LogP contribution in [-0.4, -0.2) is 69.0 Å². The standard InChI is InChI=1S/C39H70N2O4.BrH/c1-5-7-9-11-13-15-17-19-21-23-33-44-37-27-25-36(26-28-39(43)40-29-30-41(3,4)31-32-42)35-38(37)45-34-24-22-20-18-16-14-12-10-8-6-2;/h25-28,35,42H,5-24,29-34H2,1-4H3;1H/b28-26+;. The van der Waals surface area contributed by atoms with Crippen LogP contribution in [-0.2, 0) is 4.79 Å². The Labute approximate surface area is 294 Å². The molecule has 0 aliphatic carbocycles. The minimum absolute atomic E-state index is 0. The van der Waals surface area contributed by atoms with Gasteiger partial charge in [0.1, 0.15) is 6.54 Å². The van der Waals surface area contributed by atoms with E-state index < -0.39 is 0 Å². The Hall–Kier alpha value is -1.57. The van der Waals surface area contributed by atoms with Gasteiger partial charge in [-0.15, -0.1) is 0 Å². The highest BCUT2D eigenvalue weighted by Crippen LogP contribution is 2.30. The van der Waals surface area contributed by atoms with E-state index in [1.54, 1.807) is 6.08 Å². The van der Waals surface area contributed by atoms with Crippen molar-refractivity contribution in [2.24, 2.45) is 0 Å². The van der Waals surface area contributed by atoms with E-state index in [0.717, 1.165) is 36.4 Å². The number of carbonyl (C=O) groups excluding carboxylic acids is 1. The monoisotopic (exact) mass is 710 g/mol. The lowest BCUT2D eigenvalue weighted by atomic mass is 10.1. The molecular formula is C39H71BrN2O4. The van der Waals surface area contributed by atoms with E-state index >= 15 is 0 Å². The maximum atomic E-state index is 12.4. The number of hydrogen-bond acceptors (Lipinski definition) is 4. The number of aliphatic hydroxyl groups is 1. The summed E-state index contributed by atoms with van der Waals surface area (Å²) in [5.74, 6) is 1.44. The number of benzene rings is 1. The molecule has 46 heavy (non-hydrogen) atoms. The van der Waals surface area contributed by atoms with Gasteiger partial charge in [-0.25, -0.2) is 0 Å². The summed E-state index contributed by atoms with van der Waals surface area (Å²) in [6.07, 6.45) is 29.5. The minimum Gasteiger partial charge on any atom is -1.00 e. The number of amides is 1. The molecule has 0 spiro atoms. The number of nitrogens with one attached hydrogen (secondary N) is 1. The van der Waals surface area contributed by atoms with Gasteiger partial charge in [-0.05, 0) is 36.6 Å². The minimum atomic E-state index is -0.117. The maximum absolute atomic E-state index is 12.4. The summed E-state index contributed by atoms with van der Waals surface area (Å²) in [5.41, 5.74) is 0.922. The van der Waals surface area contributed by atoms with Gasteiger partial charge in [-0.1, -0.05) is 135 Å². The molecule has 0 aromatic heterocycles. The van der Waals surface area contributed by atoms with Crippen molar-refractivity contribution in [2.75, 3.05) is 53.6 Å². The van der Waals surface area contributed by atoms with Crippen LogP contribution in [0.2, 0.25) is 0 Å². The number of nitrogens with zero attached hydrogens (tertiary/aromatic N) is 1. The summed E-state index contributed by atoms with van der Waals surface area (Å²) < 4.78 is 13.1. The van der Waals surface area contributed by atoms with Crippen LogP contribution in [0.4, 0.5) is 0 Å². The third kappa shape index (κ3) is 25.5. The number of halogens is 1. The molecule has 0 fully saturated rings. The number of unbranched alkanes of at least 4 members (excludes halogenated alkanes) is 18. The van der Waals surface area contributed by atoms with Gasteiger partial charge in [-0.3, -0.25) is 4.79 Å². The van der Waals surface area contributed by atoms with Crippen molar-refractivity contribution in [3.63, 3.8) is 0 Å². The Balaban J connectivity index is 0.0000202. The van der Waals surface area contributed by atoms with Crippen molar-refractivity contribution < 1.29 is 40.8 Å². The van der Waals surface area contributed by atoms with Gasteiger partial charge in [0.25, 0.3) is 0 Å².